The van der Waals surface area contributed by atoms with Crippen molar-refractivity contribution in [2.45, 2.75) is 4.90 Å². The molecular formula is C28H24BrN5O3S. The molecule has 0 bridgehead atoms. The number of anilines is 1. The van der Waals surface area contributed by atoms with Crippen LogP contribution in [0.3, 0.4) is 0 Å². The number of benzene rings is 3. The van der Waals surface area contributed by atoms with Gasteiger partial charge in [-0.25, -0.2) is 22.8 Å². The minimum atomic E-state index is -3.61. The first-order valence-corrected chi connectivity index (χ1v) is 14.1. The predicted molar refractivity (Wildman–Crippen MR) is 152 cm³/mol. The molecule has 0 amide bonds. The zero-order chi connectivity index (χ0) is 26.5. The van der Waals surface area contributed by atoms with Gasteiger partial charge in [0.1, 0.15) is 17.3 Å². The van der Waals surface area contributed by atoms with Crippen LogP contribution in [0, 0.1) is 0 Å². The van der Waals surface area contributed by atoms with Gasteiger partial charge < -0.3 is 10.4 Å². The predicted octanol–water partition coefficient (Wildman–Crippen LogP) is 5.46. The van der Waals surface area contributed by atoms with Crippen LogP contribution in [-0.2, 0) is 10.0 Å². The first kappa shape index (κ1) is 25.7. The van der Waals surface area contributed by atoms with E-state index in [9.17, 15) is 13.5 Å². The number of hydrogen-bond acceptors (Lipinski definition) is 6. The summed E-state index contributed by atoms with van der Waals surface area (Å²) in [6.07, 6.45) is 3.63. The van der Waals surface area contributed by atoms with Crippen molar-refractivity contribution >= 4 is 31.8 Å². The fourth-order valence-electron chi connectivity index (χ4n) is 3.93. The Bertz CT molecular complexity index is 1660. The summed E-state index contributed by atoms with van der Waals surface area (Å²) in [6.45, 7) is 0.527. The number of nitrogens with one attached hydrogen (secondary N) is 2. The van der Waals surface area contributed by atoms with Crippen molar-refractivity contribution in [2.24, 2.45) is 0 Å². The number of aromatic hydroxyl groups is 1. The fourth-order valence-corrected chi connectivity index (χ4v) is 5.23. The molecule has 0 aliphatic rings. The highest BCUT2D eigenvalue weighted by Crippen LogP contribution is 2.34. The van der Waals surface area contributed by atoms with E-state index in [1.54, 1.807) is 53.3 Å². The number of para-hydroxylation sites is 1. The number of halogens is 1. The minimum absolute atomic E-state index is 0.158. The molecule has 2 aromatic heterocycles. The molecule has 192 valence electrons. The Labute approximate surface area is 229 Å². The van der Waals surface area contributed by atoms with Gasteiger partial charge in [0, 0.05) is 41.1 Å². The van der Waals surface area contributed by atoms with E-state index in [2.05, 4.69) is 31.0 Å². The molecule has 0 aliphatic heterocycles. The maximum absolute atomic E-state index is 12.5. The first-order valence-electron chi connectivity index (χ1n) is 11.8. The molecular weight excluding hydrogens is 566 g/mol. The normalized spacial score (nSPS) is 11.4. The zero-order valence-electron chi connectivity index (χ0n) is 20.1. The molecule has 3 N–H and O–H groups in total. The smallest absolute Gasteiger partial charge is 0.240 e. The lowest BCUT2D eigenvalue weighted by Crippen LogP contribution is -2.29. The van der Waals surface area contributed by atoms with E-state index < -0.39 is 10.0 Å². The van der Waals surface area contributed by atoms with Crippen LogP contribution in [0.15, 0.2) is 113 Å². The van der Waals surface area contributed by atoms with Crippen molar-refractivity contribution in [3.8, 4) is 33.8 Å². The third-order valence-corrected chi connectivity index (χ3v) is 7.78. The number of phenols is 1. The Morgan fingerprint density at radius 2 is 1.66 bits per heavy atom. The number of aromatic nitrogens is 3. The van der Waals surface area contributed by atoms with Crippen molar-refractivity contribution in [1.29, 1.82) is 0 Å². The van der Waals surface area contributed by atoms with Gasteiger partial charge in [-0.2, -0.15) is 5.10 Å². The van der Waals surface area contributed by atoms with Gasteiger partial charge in [-0.05, 0) is 66.2 Å². The van der Waals surface area contributed by atoms with Crippen LogP contribution in [0.1, 0.15) is 0 Å². The second-order valence-electron chi connectivity index (χ2n) is 8.43. The van der Waals surface area contributed by atoms with Gasteiger partial charge in [0.05, 0.1) is 10.6 Å². The molecule has 0 unspecified atom stereocenters. The Kier molecular flexibility index (Phi) is 7.54. The van der Waals surface area contributed by atoms with Gasteiger partial charge in [0.25, 0.3) is 0 Å². The summed E-state index contributed by atoms with van der Waals surface area (Å²) in [6, 6.07) is 27.0. The highest BCUT2D eigenvalue weighted by atomic mass is 79.9. The molecule has 5 rings (SSSR count). The molecule has 10 heteroatoms. The summed E-state index contributed by atoms with van der Waals surface area (Å²) in [5.41, 5.74) is 4.14. The fraction of sp³-hybridized carbons (Fsp3) is 0.0714. The summed E-state index contributed by atoms with van der Waals surface area (Å²) in [5, 5.41) is 18.1. The van der Waals surface area contributed by atoms with E-state index in [0.29, 0.717) is 18.1 Å². The average molecular weight is 591 g/mol. The lowest BCUT2D eigenvalue weighted by atomic mass is 10.0. The number of sulfonamides is 1. The van der Waals surface area contributed by atoms with E-state index in [-0.39, 0.29) is 17.2 Å². The molecule has 3 aromatic carbocycles. The van der Waals surface area contributed by atoms with Gasteiger partial charge in [-0.15, -0.1) is 0 Å². The van der Waals surface area contributed by atoms with Crippen molar-refractivity contribution in [3.63, 3.8) is 0 Å². The quantitative estimate of drug-likeness (QED) is 0.197. The van der Waals surface area contributed by atoms with E-state index in [4.69, 9.17) is 5.10 Å². The summed E-state index contributed by atoms with van der Waals surface area (Å²) in [7, 11) is -3.61. The Morgan fingerprint density at radius 3 is 2.42 bits per heavy atom. The van der Waals surface area contributed by atoms with Gasteiger partial charge in [0.2, 0.25) is 10.0 Å². The lowest BCUT2D eigenvalue weighted by molar-refractivity contribution is 0.475. The molecule has 0 aliphatic carbocycles. The highest BCUT2D eigenvalue weighted by Gasteiger charge is 2.16. The monoisotopic (exact) mass is 589 g/mol. The van der Waals surface area contributed by atoms with Gasteiger partial charge in [-0.3, -0.25) is 0 Å². The van der Waals surface area contributed by atoms with E-state index >= 15 is 0 Å². The SMILES string of the molecule is O=S(=O)(NCCNc1cc(-c2cn(-c3ccccc3)nc2-c2cccc(O)c2)ccn1)c1ccc(Br)cc1. The number of nitrogens with zero attached hydrogens (tertiary/aromatic N) is 3. The second-order valence-corrected chi connectivity index (χ2v) is 11.1. The molecule has 38 heavy (non-hydrogen) atoms. The van der Waals surface area contributed by atoms with Crippen LogP contribution < -0.4 is 10.0 Å². The highest BCUT2D eigenvalue weighted by molar-refractivity contribution is 9.10. The summed E-state index contributed by atoms with van der Waals surface area (Å²) >= 11 is 3.31. The molecule has 8 nitrogen and oxygen atoms in total. The van der Waals surface area contributed by atoms with Crippen LogP contribution >= 0.6 is 15.9 Å². The lowest BCUT2D eigenvalue weighted by Gasteiger charge is -2.10. The van der Waals surface area contributed by atoms with Crippen molar-refractivity contribution in [1.82, 2.24) is 19.5 Å². The number of phenolic OH excluding ortho intramolecular Hbond substituents is 1. The van der Waals surface area contributed by atoms with Crippen molar-refractivity contribution in [3.05, 3.63) is 108 Å². The topological polar surface area (TPSA) is 109 Å². The molecule has 0 spiro atoms. The van der Waals surface area contributed by atoms with Gasteiger partial charge in [-0.1, -0.05) is 46.3 Å². The maximum atomic E-state index is 12.5. The van der Waals surface area contributed by atoms with Crippen LogP contribution in [-0.4, -0.2) is 41.4 Å². The first-order chi connectivity index (χ1) is 18.4. The van der Waals surface area contributed by atoms with Crippen LogP contribution in [0.4, 0.5) is 5.82 Å². The Balaban J connectivity index is 1.36. The number of pyridine rings is 1. The Morgan fingerprint density at radius 1 is 0.868 bits per heavy atom. The Hall–Kier alpha value is -3.99. The molecule has 0 atom stereocenters. The molecule has 0 saturated carbocycles. The van der Waals surface area contributed by atoms with Crippen LogP contribution in [0.5, 0.6) is 5.75 Å². The van der Waals surface area contributed by atoms with Gasteiger partial charge in [0.15, 0.2) is 0 Å². The van der Waals surface area contributed by atoms with E-state index in [1.807, 2.05) is 54.7 Å². The van der Waals surface area contributed by atoms with Crippen molar-refractivity contribution < 1.29 is 13.5 Å². The van der Waals surface area contributed by atoms with E-state index in [1.165, 1.54) is 0 Å². The molecule has 0 radical (unpaired) electrons. The molecule has 2 heterocycles. The van der Waals surface area contributed by atoms with E-state index in [0.717, 1.165) is 26.9 Å². The van der Waals surface area contributed by atoms with Crippen LogP contribution in [0.2, 0.25) is 0 Å². The largest absolute Gasteiger partial charge is 0.508 e. The summed E-state index contributed by atoms with van der Waals surface area (Å²) in [5.74, 6) is 0.755. The zero-order valence-corrected chi connectivity index (χ0v) is 22.5. The van der Waals surface area contributed by atoms with Gasteiger partial charge >= 0.3 is 0 Å². The number of rotatable bonds is 9. The molecule has 0 saturated heterocycles. The number of hydrogen-bond donors (Lipinski definition) is 3. The molecule has 5 aromatic rings. The molecule has 0 fully saturated rings. The van der Waals surface area contributed by atoms with Crippen molar-refractivity contribution in [2.75, 3.05) is 18.4 Å². The third-order valence-electron chi connectivity index (χ3n) is 5.77. The maximum Gasteiger partial charge on any atom is 0.240 e. The summed E-state index contributed by atoms with van der Waals surface area (Å²) < 4.78 is 30.2. The second kappa shape index (κ2) is 11.2. The average Bonchev–Trinajstić information content (AvgIpc) is 3.38. The minimum Gasteiger partial charge on any atom is -0.508 e. The third kappa shape index (κ3) is 5.94. The standard InChI is InChI=1S/C28H24BrN5O3S/c29-22-9-11-25(12-10-22)38(36,37)32-16-15-31-27-18-20(13-14-30-27)26-19-34(23-6-2-1-3-7-23)33-28(26)21-5-4-8-24(35)17-21/h1-14,17-19,32,35H,15-16H2,(H,30,31). The van der Waals surface area contributed by atoms with Crippen LogP contribution in [0.25, 0.3) is 28.1 Å². The summed E-state index contributed by atoms with van der Waals surface area (Å²) in [4.78, 5) is 4.59.